The third kappa shape index (κ3) is 3.56. The first-order chi connectivity index (χ1) is 11.8. The molecule has 1 amide bonds. The Balaban J connectivity index is 1.78. The minimum Gasteiger partial charge on any atom is -0.444 e. The molecule has 3 rings (SSSR count). The summed E-state index contributed by atoms with van der Waals surface area (Å²) in [4.78, 5) is 20.7. The molecule has 25 heavy (non-hydrogen) atoms. The van der Waals surface area contributed by atoms with Gasteiger partial charge in [0.1, 0.15) is 17.1 Å². The van der Waals surface area contributed by atoms with E-state index >= 15 is 0 Å². The highest BCUT2D eigenvalue weighted by atomic mass is 16.6. The molecule has 1 N–H and O–H groups in total. The molecule has 1 aliphatic rings. The van der Waals surface area contributed by atoms with E-state index in [4.69, 9.17) is 4.74 Å². The Morgan fingerprint density at radius 3 is 2.52 bits per heavy atom. The van der Waals surface area contributed by atoms with Crippen LogP contribution >= 0.6 is 0 Å². The molecule has 0 radical (unpaired) electrons. The Hall–Kier alpha value is -2.28. The molecular weight excluding hydrogens is 320 g/mol. The third-order valence-corrected chi connectivity index (χ3v) is 4.32. The summed E-state index contributed by atoms with van der Waals surface area (Å²) in [6.45, 7) is 10.1. The Morgan fingerprint density at radius 2 is 1.92 bits per heavy atom. The van der Waals surface area contributed by atoms with Gasteiger partial charge in [-0.15, -0.1) is 0 Å². The van der Waals surface area contributed by atoms with Crippen molar-refractivity contribution in [3.63, 3.8) is 0 Å². The molecule has 7 nitrogen and oxygen atoms in total. The molecule has 1 fully saturated rings. The van der Waals surface area contributed by atoms with Gasteiger partial charge in [-0.25, -0.2) is 9.78 Å². The van der Waals surface area contributed by atoms with Crippen LogP contribution in [0.2, 0.25) is 0 Å². The van der Waals surface area contributed by atoms with Crippen LogP contribution < -0.4 is 4.90 Å². The number of rotatable bonds is 2. The van der Waals surface area contributed by atoms with Crippen molar-refractivity contribution in [2.75, 3.05) is 31.1 Å². The van der Waals surface area contributed by atoms with Gasteiger partial charge in [0.05, 0.1) is 18.0 Å². The second kappa shape index (κ2) is 6.55. The van der Waals surface area contributed by atoms with Gasteiger partial charge in [-0.05, 0) is 39.8 Å². The number of pyridine rings is 1. The summed E-state index contributed by atoms with van der Waals surface area (Å²) < 4.78 is 7.45. The first-order valence-corrected chi connectivity index (χ1v) is 8.61. The monoisotopic (exact) mass is 346 g/mol. The Bertz CT molecular complexity index is 770. The fourth-order valence-corrected chi connectivity index (χ4v) is 3.13. The van der Waals surface area contributed by atoms with E-state index in [1.807, 2.05) is 50.3 Å². The second-order valence-corrected chi connectivity index (χ2v) is 7.33. The summed E-state index contributed by atoms with van der Waals surface area (Å²) in [6, 6.07) is 5.93. The molecule has 136 valence electrons. The predicted octanol–water partition coefficient (Wildman–Crippen LogP) is 2.19. The standard InChI is InChI=1S/C18H26N4O3/c1-13-14(12-23)22-15(19-13)6-5-7-16(22)20-8-10-21(11-9-20)17(24)25-18(2,3)4/h5-7,23H,8-12H2,1-4H3. The lowest BCUT2D eigenvalue weighted by Crippen LogP contribution is -2.50. The molecule has 1 saturated heterocycles. The Morgan fingerprint density at radius 1 is 1.24 bits per heavy atom. The first-order valence-electron chi connectivity index (χ1n) is 8.61. The summed E-state index contributed by atoms with van der Waals surface area (Å²) in [5.74, 6) is 0.992. The molecule has 2 aromatic rings. The van der Waals surface area contributed by atoms with Crippen LogP contribution in [0.4, 0.5) is 10.6 Å². The van der Waals surface area contributed by atoms with Crippen LogP contribution in [0.1, 0.15) is 32.2 Å². The maximum Gasteiger partial charge on any atom is 0.410 e. The van der Waals surface area contributed by atoms with Gasteiger partial charge in [-0.2, -0.15) is 0 Å². The number of amides is 1. The predicted molar refractivity (Wildman–Crippen MR) is 95.9 cm³/mol. The third-order valence-electron chi connectivity index (χ3n) is 4.32. The summed E-state index contributed by atoms with van der Waals surface area (Å²) in [5, 5.41) is 9.70. The Kier molecular flexibility index (Phi) is 4.60. The highest BCUT2D eigenvalue weighted by Crippen LogP contribution is 2.23. The van der Waals surface area contributed by atoms with Gasteiger partial charge in [0.15, 0.2) is 0 Å². The fourth-order valence-electron chi connectivity index (χ4n) is 3.13. The van der Waals surface area contributed by atoms with E-state index in [2.05, 4.69) is 9.88 Å². The molecule has 7 heteroatoms. The number of nitrogens with zero attached hydrogens (tertiary/aromatic N) is 4. The minimum absolute atomic E-state index is 0.0537. The van der Waals surface area contributed by atoms with E-state index in [-0.39, 0.29) is 12.7 Å². The minimum atomic E-state index is -0.482. The van der Waals surface area contributed by atoms with Crippen molar-refractivity contribution in [3.05, 3.63) is 29.6 Å². The van der Waals surface area contributed by atoms with E-state index in [1.165, 1.54) is 0 Å². The van der Waals surface area contributed by atoms with Crippen LogP contribution in [-0.4, -0.2) is 57.3 Å². The van der Waals surface area contributed by atoms with Gasteiger partial charge in [0.25, 0.3) is 0 Å². The molecule has 0 aromatic carbocycles. The van der Waals surface area contributed by atoms with Crippen molar-refractivity contribution in [1.29, 1.82) is 0 Å². The smallest absolute Gasteiger partial charge is 0.410 e. The molecule has 0 aliphatic carbocycles. The van der Waals surface area contributed by atoms with Gasteiger partial charge in [-0.1, -0.05) is 6.07 Å². The number of hydrogen-bond acceptors (Lipinski definition) is 5. The fraction of sp³-hybridized carbons (Fsp3) is 0.556. The number of anilines is 1. The quantitative estimate of drug-likeness (QED) is 0.903. The highest BCUT2D eigenvalue weighted by molar-refractivity contribution is 5.68. The van der Waals surface area contributed by atoms with Crippen molar-refractivity contribution in [1.82, 2.24) is 14.3 Å². The summed E-state index contributed by atoms with van der Waals surface area (Å²) in [6.07, 6.45) is -0.264. The van der Waals surface area contributed by atoms with Crippen molar-refractivity contribution in [3.8, 4) is 0 Å². The molecule has 1 aliphatic heterocycles. The number of aliphatic hydroxyl groups is 1. The number of ether oxygens (including phenoxy) is 1. The van der Waals surface area contributed by atoms with Gasteiger partial charge in [-0.3, -0.25) is 4.40 Å². The molecule has 0 unspecified atom stereocenters. The SMILES string of the molecule is Cc1nc2cccc(N3CCN(C(=O)OC(C)(C)C)CC3)n2c1CO. The van der Waals surface area contributed by atoms with E-state index in [0.717, 1.165) is 22.9 Å². The zero-order chi connectivity index (χ0) is 18.2. The van der Waals surface area contributed by atoms with Crippen LogP contribution in [0, 0.1) is 6.92 Å². The van der Waals surface area contributed by atoms with Gasteiger partial charge in [0.2, 0.25) is 0 Å². The molecule has 0 saturated carbocycles. The van der Waals surface area contributed by atoms with Crippen LogP contribution in [0.3, 0.4) is 0 Å². The van der Waals surface area contributed by atoms with E-state index in [9.17, 15) is 9.90 Å². The number of carbonyl (C=O) groups is 1. The molecule has 2 aromatic heterocycles. The van der Waals surface area contributed by atoms with Crippen LogP contribution in [-0.2, 0) is 11.3 Å². The van der Waals surface area contributed by atoms with E-state index in [1.54, 1.807) is 4.90 Å². The largest absolute Gasteiger partial charge is 0.444 e. The van der Waals surface area contributed by atoms with Gasteiger partial charge >= 0.3 is 6.09 Å². The van der Waals surface area contributed by atoms with E-state index in [0.29, 0.717) is 26.2 Å². The molecule has 0 bridgehead atoms. The number of aromatic nitrogens is 2. The topological polar surface area (TPSA) is 70.3 Å². The lowest BCUT2D eigenvalue weighted by molar-refractivity contribution is 0.0240. The van der Waals surface area contributed by atoms with E-state index < -0.39 is 5.60 Å². The van der Waals surface area contributed by atoms with Crippen LogP contribution in [0.15, 0.2) is 18.2 Å². The maximum absolute atomic E-state index is 12.2. The number of aliphatic hydroxyl groups excluding tert-OH is 1. The average Bonchev–Trinajstić information content (AvgIpc) is 2.88. The lowest BCUT2D eigenvalue weighted by atomic mass is 10.2. The molecular formula is C18H26N4O3. The zero-order valence-electron chi connectivity index (χ0n) is 15.3. The summed E-state index contributed by atoms with van der Waals surface area (Å²) >= 11 is 0. The van der Waals surface area contributed by atoms with Gasteiger partial charge in [0, 0.05) is 26.2 Å². The first kappa shape index (κ1) is 17.5. The van der Waals surface area contributed by atoms with Crippen LogP contribution in [0.5, 0.6) is 0 Å². The van der Waals surface area contributed by atoms with Crippen molar-refractivity contribution in [2.45, 2.75) is 39.9 Å². The number of aryl methyl sites for hydroxylation is 1. The zero-order valence-corrected chi connectivity index (χ0v) is 15.3. The number of hydrogen-bond donors (Lipinski definition) is 1. The second-order valence-electron chi connectivity index (χ2n) is 7.33. The highest BCUT2D eigenvalue weighted by Gasteiger charge is 2.27. The normalized spacial score (nSPS) is 15.7. The number of piperazine rings is 1. The molecule has 0 spiro atoms. The molecule has 3 heterocycles. The average molecular weight is 346 g/mol. The van der Waals surface area contributed by atoms with Crippen molar-refractivity contribution < 1.29 is 14.6 Å². The number of fused-ring (bicyclic) bond motifs is 1. The number of carbonyl (C=O) groups excluding carboxylic acids is 1. The summed E-state index contributed by atoms with van der Waals surface area (Å²) in [5.41, 5.74) is 1.99. The number of imidazole rings is 1. The summed E-state index contributed by atoms with van der Waals surface area (Å²) in [7, 11) is 0. The molecule has 0 atom stereocenters. The van der Waals surface area contributed by atoms with Gasteiger partial charge < -0.3 is 19.6 Å². The Labute approximate surface area is 147 Å². The maximum atomic E-state index is 12.2. The lowest BCUT2D eigenvalue weighted by Gasteiger charge is -2.37. The van der Waals surface area contributed by atoms with Crippen molar-refractivity contribution >= 4 is 17.6 Å². The van der Waals surface area contributed by atoms with Crippen molar-refractivity contribution in [2.24, 2.45) is 0 Å². The van der Waals surface area contributed by atoms with Crippen LogP contribution in [0.25, 0.3) is 5.65 Å².